The number of Topliss-reactive ketones (excluding diaryl/α,β-unsaturated/α-hetero) is 1. The summed E-state index contributed by atoms with van der Waals surface area (Å²) in [5.41, 5.74) is -0.664. The summed E-state index contributed by atoms with van der Waals surface area (Å²) in [6.07, 6.45) is -3.51. The molecular formula is C10H11F3N2O3. The number of aromatic nitrogens is 2. The van der Waals surface area contributed by atoms with E-state index in [0.717, 1.165) is 6.42 Å². The Morgan fingerprint density at radius 3 is 2.61 bits per heavy atom. The quantitative estimate of drug-likeness (QED) is 0.829. The Labute approximate surface area is 100 Å². The second-order valence-electron chi connectivity index (χ2n) is 4.16. The molecule has 0 aliphatic heterocycles. The molecule has 1 saturated carbocycles. The normalized spacial score (nSPS) is 18.4. The van der Waals surface area contributed by atoms with Gasteiger partial charge in [0.05, 0.1) is 6.42 Å². The maximum Gasteiger partial charge on any atom is 0.450 e. The van der Waals surface area contributed by atoms with Gasteiger partial charge in [0.25, 0.3) is 0 Å². The molecule has 8 heteroatoms. The van der Waals surface area contributed by atoms with Gasteiger partial charge in [0.1, 0.15) is 5.60 Å². The SMILES string of the molecule is COC1(c2noc(CC(=O)C(F)(F)F)n2)CCC1. The number of methoxy groups -OCH3 is 1. The summed E-state index contributed by atoms with van der Waals surface area (Å²) < 4.78 is 46.1. The molecule has 1 aromatic heterocycles. The minimum Gasteiger partial charge on any atom is -0.370 e. The van der Waals surface area contributed by atoms with Crippen molar-refractivity contribution in [3.8, 4) is 0 Å². The van der Waals surface area contributed by atoms with Crippen molar-refractivity contribution in [2.45, 2.75) is 37.5 Å². The third-order valence-corrected chi connectivity index (χ3v) is 3.06. The number of halogens is 3. The summed E-state index contributed by atoms with van der Waals surface area (Å²) in [4.78, 5) is 14.6. The monoisotopic (exact) mass is 264 g/mol. The lowest BCUT2D eigenvalue weighted by Crippen LogP contribution is -2.37. The fourth-order valence-corrected chi connectivity index (χ4v) is 1.77. The number of ketones is 1. The first-order valence-electron chi connectivity index (χ1n) is 5.36. The summed E-state index contributed by atoms with van der Waals surface area (Å²) in [5, 5.41) is 3.59. The largest absolute Gasteiger partial charge is 0.450 e. The van der Waals surface area contributed by atoms with Crippen LogP contribution in [0.3, 0.4) is 0 Å². The minimum atomic E-state index is -4.88. The Morgan fingerprint density at radius 2 is 2.17 bits per heavy atom. The van der Waals surface area contributed by atoms with Crippen molar-refractivity contribution in [1.29, 1.82) is 0 Å². The van der Waals surface area contributed by atoms with Gasteiger partial charge >= 0.3 is 6.18 Å². The molecule has 1 aliphatic carbocycles. The van der Waals surface area contributed by atoms with Gasteiger partial charge in [-0.05, 0) is 19.3 Å². The van der Waals surface area contributed by atoms with E-state index in [1.54, 1.807) is 0 Å². The summed E-state index contributed by atoms with van der Waals surface area (Å²) >= 11 is 0. The van der Waals surface area contributed by atoms with E-state index in [1.807, 2.05) is 0 Å². The number of hydrogen-bond donors (Lipinski definition) is 0. The maximum absolute atomic E-state index is 12.1. The van der Waals surface area contributed by atoms with E-state index in [0.29, 0.717) is 12.8 Å². The van der Waals surface area contributed by atoms with Gasteiger partial charge in [-0.3, -0.25) is 4.79 Å². The van der Waals surface area contributed by atoms with Crippen molar-refractivity contribution in [3.05, 3.63) is 11.7 Å². The first-order chi connectivity index (χ1) is 8.37. The third-order valence-electron chi connectivity index (χ3n) is 3.06. The molecule has 100 valence electrons. The number of carbonyl (C=O) groups is 1. The summed E-state index contributed by atoms with van der Waals surface area (Å²) in [6, 6.07) is 0. The van der Waals surface area contributed by atoms with Crippen LogP contribution in [0.5, 0.6) is 0 Å². The zero-order valence-corrected chi connectivity index (χ0v) is 9.58. The fraction of sp³-hybridized carbons (Fsp3) is 0.700. The van der Waals surface area contributed by atoms with Crippen LogP contribution in [0.4, 0.5) is 13.2 Å². The molecule has 18 heavy (non-hydrogen) atoms. The topological polar surface area (TPSA) is 65.2 Å². The Balaban J connectivity index is 2.09. The van der Waals surface area contributed by atoms with Gasteiger partial charge in [-0.15, -0.1) is 0 Å². The molecule has 0 radical (unpaired) electrons. The Bertz CT molecular complexity index is 446. The zero-order chi connectivity index (χ0) is 13.4. The van der Waals surface area contributed by atoms with Gasteiger partial charge in [-0.1, -0.05) is 5.16 Å². The van der Waals surface area contributed by atoms with Crippen molar-refractivity contribution in [2.24, 2.45) is 0 Å². The van der Waals surface area contributed by atoms with Crippen molar-refractivity contribution in [2.75, 3.05) is 7.11 Å². The lowest BCUT2D eigenvalue weighted by molar-refractivity contribution is -0.170. The predicted octanol–water partition coefficient (Wildman–Crippen LogP) is 1.77. The molecule has 0 atom stereocenters. The van der Waals surface area contributed by atoms with E-state index in [9.17, 15) is 18.0 Å². The molecule has 2 rings (SSSR count). The van der Waals surface area contributed by atoms with E-state index < -0.39 is 24.0 Å². The molecular weight excluding hydrogens is 253 g/mol. The molecule has 0 spiro atoms. The van der Waals surface area contributed by atoms with Gasteiger partial charge in [0.15, 0.2) is 0 Å². The molecule has 0 bridgehead atoms. The lowest BCUT2D eigenvalue weighted by atomic mass is 9.79. The molecule has 1 fully saturated rings. The fourth-order valence-electron chi connectivity index (χ4n) is 1.77. The van der Waals surface area contributed by atoms with Crippen LogP contribution in [0.25, 0.3) is 0 Å². The predicted molar refractivity (Wildman–Crippen MR) is 51.6 cm³/mol. The van der Waals surface area contributed by atoms with Crippen molar-refractivity contribution in [1.82, 2.24) is 10.1 Å². The van der Waals surface area contributed by atoms with Crippen molar-refractivity contribution < 1.29 is 27.2 Å². The second kappa shape index (κ2) is 4.34. The van der Waals surface area contributed by atoms with Crippen molar-refractivity contribution >= 4 is 5.78 Å². The van der Waals surface area contributed by atoms with Gasteiger partial charge in [-0.25, -0.2) is 0 Å². The zero-order valence-electron chi connectivity index (χ0n) is 9.58. The van der Waals surface area contributed by atoms with Crippen LogP contribution >= 0.6 is 0 Å². The average Bonchev–Trinajstić information content (AvgIpc) is 2.64. The van der Waals surface area contributed by atoms with Crippen molar-refractivity contribution in [3.63, 3.8) is 0 Å². The van der Waals surface area contributed by atoms with Crippen LogP contribution in [0.2, 0.25) is 0 Å². The lowest BCUT2D eigenvalue weighted by Gasteiger charge is -2.37. The number of hydrogen-bond acceptors (Lipinski definition) is 5. The summed E-state index contributed by atoms with van der Waals surface area (Å²) in [5.74, 6) is -2.03. The van der Waals surface area contributed by atoms with Crippen LogP contribution in [-0.4, -0.2) is 29.2 Å². The molecule has 0 N–H and O–H groups in total. The number of rotatable bonds is 4. The second-order valence-corrected chi connectivity index (χ2v) is 4.16. The molecule has 1 heterocycles. The van der Waals surface area contributed by atoms with Crippen LogP contribution in [0, 0.1) is 0 Å². The molecule has 0 aromatic carbocycles. The van der Waals surface area contributed by atoms with Crippen LogP contribution in [0.1, 0.15) is 31.0 Å². The Hall–Kier alpha value is -1.44. The molecule has 1 aromatic rings. The van der Waals surface area contributed by atoms with Crippen LogP contribution in [-0.2, 0) is 21.6 Å². The molecule has 0 saturated heterocycles. The first kappa shape index (κ1) is 13.0. The minimum absolute atomic E-state index is 0.209. The van der Waals surface area contributed by atoms with Crippen LogP contribution < -0.4 is 0 Å². The molecule has 5 nitrogen and oxygen atoms in total. The van der Waals surface area contributed by atoms with Gasteiger partial charge in [0.2, 0.25) is 17.5 Å². The first-order valence-corrected chi connectivity index (χ1v) is 5.36. The number of nitrogens with zero attached hydrogens (tertiary/aromatic N) is 2. The number of carbonyl (C=O) groups excluding carboxylic acids is 1. The standard InChI is InChI=1S/C10H11F3N2O3/c1-17-9(3-2-4-9)8-14-7(18-15-8)5-6(16)10(11,12)13/h2-5H2,1H3. The van der Waals surface area contributed by atoms with Gasteiger partial charge in [0, 0.05) is 7.11 Å². The van der Waals surface area contributed by atoms with E-state index >= 15 is 0 Å². The van der Waals surface area contributed by atoms with Gasteiger partial charge in [-0.2, -0.15) is 18.2 Å². The Kier molecular flexibility index (Phi) is 3.14. The summed E-state index contributed by atoms with van der Waals surface area (Å²) in [6.45, 7) is 0. The summed E-state index contributed by atoms with van der Waals surface area (Å²) in [7, 11) is 1.48. The van der Waals surface area contributed by atoms with E-state index in [1.165, 1.54) is 7.11 Å². The highest BCUT2D eigenvalue weighted by Gasteiger charge is 2.44. The third kappa shape index (κ3) is 2.24. The molecule has 1 aliphatic rings. The average molecular weight is 264 g/mol. The highest BCUT2D eigenvalue weighted by atomic mass is 19.4. The van der Waals surface area contributed by atoms with E-state index in [2.05, 4.69) is 14.7 Å². The number of ether oxygens (including phenoxy) is 1. The highest BCUT2D eigenvalue weighted by molar-refractivity contribution is 5.85. The highest BCUT2D eigenvalue weighted by Crippen LogP contribution is 2.42. The van der Waals surface area contributed by atoms with E-state index in [-0.39, 0.29) is 11.7 Å². The maximum atomic E-state index is 12.1. The molecule has 0 amide bonds. The van der Waals surface area contributed by atoms with Crippen LogP contribution in [0.15, 0.2) is 4.52 Å². The molecule has 0 unspecified atom stereocenters. The number of alkyl halides is 3. The van der Waals surface area contributed by atoms with E-state index in [4.69, 9.17) is 4.74 Å². The van der Waals surface area contributed by atoms with Gasteiger partial charge < -0.3 is 9.26 Å². The Morgan fingerprint density at radius 1 is 1.50 bits per heavy atom. The smallest absolute Gasteiger partial charge is 0.370 e.